The van der Waals surface area contributed by atoms with Crippen molar-refractivity contribution in [2.75, 3.05) is 14.2 Å². The number of hydrogen-bond donors (Lipinski definition) is 0. The number of ether oxygens (including phenoxy) is 3. The highest BCUT2D eigenvalue weighted by atomic mass is 35.5. The molecule has 0 radical (unpaired) electrons. The summed E-state index contributed by atoms with van der Waals surface area (Å²) in [5.74, 6) is 0.0629. The first-order valence-electron chi connectivity index (χ1n) is 7.14. The monoisotopic (exact) mass is 334 g/mol. The Balaban J connectivity index is 1.93. The SMILES string of the molecule is COC(OC)c1ccc(COC(=O)c2ccc(CCl)cc2)cc1. The number of esters is 1. The Bertz CT molecular complexity index is 618. The summed E-state index contributed by atoms with van der Waals surface area (Å²) < 4.78 is 15.7. The molecule has 4 nitrogen and oxygen atoms in total. The van der Waals surface area contributed by atoms with Gasteiger partial charge in [0.05, 0.1) is 5.56 Å². The number of carbonyl (C=O) groups is 1. The second kappa shape index (κ2) is 8.67. The zero-order chi connectivity index (χ0) is 16.7. The van der Waals surface area contributed by atoms with Crippen LogP contribution in [0.1, 0.15) is 33.3 Å². The predicted molar refractivity (Wildman–Crippen MR) is 88.3 cm³/mol. The third-order valence-corrected chi connectivity index (χ3v) is 3.70. The smallest absolute Gasteiger partial charge is 0.338 e. The molecular weight excluding hydrogens is 316 g/mol. The molecule has 2 aromatic rings. The molecule has 0 spiro atoms. The molecule has 0 aromatic heterocycles. The Morgan fingerprint density at radius 2 is 1.52 bits per heavy atom. The summed E-state index contributed by atoms with van der Waals surface area (Å²) in [4.78, 5) is 12.0. The van der Waals surface area contributed by atoms with Crippen LogP contribution in [0.15, 0.2) is 48.5 Å². The van der Waals surface area contributed by atoms with E-state index in [1.54, 1.807) is 26.4 Å². The second-order valence-electron chi connectivity index (χ2n) is 4.95. The molecule has 0 N–H and O–H groups in total. The quantitative estimate of drug-likeness (QED) is 0.435. The molecule has 122 valence electrons. The third-order valence-electron chi connectivity index (χ3n) is 3.39. The number of methoxy groups -OCH3 is 2. The molecule has 0 amide bonds. The van der Waals surface area contributed by atoms with E-state index in [1.807, 2.05) is 36.4 Å². The van der Waals surface area contributed by atoms with Gasteiger partial charge in [0.15, 0.2) is 6.29 Å². The first kappa shape index (κ1) is 17.5. The van der Waals surface area contributed by atoms with Gasteiger partial charge < -0.3 is 14.2 Å². The molecule has 0 saturated carbocycles. The normalized spacial score (nSPS) is 10.8. The van der Waals surface area contributed by atoms with Gasteiger partial charge in [-0.3, -0.25) is 0 Å². The van der Waals surface area contributed by atoms with Crippen LogP contribution in [0.25, 0.3) is 0 Å². The van der Waals surface area contributed by atoms with E-state index in [0.29, 0.717) is 11.4 Å². The zero-order valence-electron chi connectivity index (χ0n) is 13.1. The van der Waals surface area contributed by atoms with Crippen LogP contribution in [0.5, 0.6) is 0 Å². The summed E-state index contributed by atoms with van der Waals surface area (Å²) in [6.45, 7) is 0.209. The number of alkyl halides is 1. The van der Waals surface area contributed by atoms with Crippen molar-refractivity contribution in [1.29, 1.82) is 0 Å². The zero-order valence-corrected chi connectivity index (χ0v) is 13.9. The molecule has 0 fully saturated rings. The predicted octanol–water partition coefficient (Wildman–Crippen LogP) is 4.07. The van der Waals surface area contributed by atoms with E-state index in [9.17, 15) is 4.79 Å². The number of benzene rings is 2. The van der Waals surface area contributed by atoms with Gasteiger partial charge in [0.2, 0.25) is 0 Å². The van der Waals surface area contributed by atoms with Gasteiger partial charge in [-0.15, -0.1) is 11.6 Å². The highest BCUT2D eigenvalue weighted by Crippen LogP contribution is 2.18. The van der Waals surface area contributed by atoms with Crippen LogP contribution in [-0.4, -0.2) is 20.2 Å². The van der Waals surface area contributed by atoms with Gasteiger partial charge in [0.1, 0.15) is 6.61 Å². The molecule has 0 aliphatic carbocycles. The first-order valence-corrected chi connectivity index (χ1v) is 7.68. The van der Waals surface area contributed by atoms with Crippen molar-refractivity contribution in [2.24, 2.45) is 0 Å². The fourth-order valence-corrected chi connectivity index (χ4v) is 2.28. The molecule has 0 saturated heterocycles. The lowest BCUT2D eigenvalue weighted by Crippen LogP contribution is -2.06. The van der Waals surface area contributed by atoms with Crippen molar-refractivity contribution < 1.29 is 19.0 Å². The molecule has 2 aromatic carbocycles. The molecule has 0 unspecified atom stereocenters. The first-order chi connectivity index (χ1) is 11.2. The summed E-state index contributed by atoms with van der Waals surface area (Å²) in [5, 5.41) is 0. The number of carbonyl (C=O) groups excluding carboxylic acids is 1. The van der Waals surface area contributed by atoms with Crippen LogP contribution in [0, 0.1) is 0 Å². The standard InChI is InChI=1S/C18H19ClO4/c1-21-18(22-2)16-9-5-14(6-10-16)12-23-17(20)15-7-3-13(11-19)4-8-15/h3-10,18H,11-12H2,1-2H3. The highest BCUT2D eigenvalue weighted by Gasteiger charge is 2.10. The Hall–Kier alpha value is -1.88. The van der Waals surface area contributed by atoms with E-state index in [2.05, 4.69) is 0 Å². The van der Waals surface area contributed by atoms with Crippen molar-refractivity contribution in [2.45, 2.75) is 18.8 Å². The maximum absolute atomic E-state index is 12.0. The van der Waals surface area contributed by atoms with Crippen LogP contribution < -0.4 is 0 Å². The van der Waals surface area contributed by atoms with E-state index in [4.69, 9.17) is 25.8 Å². The van der Waals surface area contributed by atoms with Gasteiger partial charge in [-0.25, -0.2) is 4.79 Å². The number of halogens is 1. The van der Waals surface area contributed by atoms with Crippen molar-refractivity contribution in [1.82, 2.24) is 0 Å². The lowest BCUT2D eigenvalue weighted by atomic mass is 10.1. The minimum absolute atomic E-state index is 0.209. The average Bonchev–Trinajstić information content (AvgIpc) is 2.62. The highest BCUT2D eigenvalue weighted by molar-refractivity contribution is 6.17. The van der Waals surface area contributed by atoms with Gasteiger partial charge in [0, 0.05) is 25.7 Å². The van der Waals surface area contributed by atoms with E-state index in [-0.39, 0.29) is 12.6 Å². The maximum atomic E-state index is 12.0. The summed E-state index contributed by atoms with van der Waals surface area (Å²) in [6.07, 6.45) is -0.396. The summed E-state index contributed by atoms with van der Waals surface area (Å²) in [7, 11) is 3.17. The molecule has 0 heterocycles. The Morgan fingerprint density at radius 1 is 0.957 bits per heavy atom. The summed E-state index contributed by atoms with van der Waals surface area (Å²) in [6, 6.07) is 14.6. The molecule has 0 atom stereocenters. The maximum Gasteiger partial charge on any atom is 0.338 e. The molecule has 0 bridgehead atoms. The van der Waals surface area contributed by atoms with Crippen molar-refractivity contribution in [3.05, 3.63) is 70.8 Å². The summed E-state index contributed by atoms with van der Waals surface area (Å²) >= 11 is 5.72. The number of rotatable bonds is 7. The van der Waals surface area contributed by atoms with Gasteiger partial charge in [0.25, 0.3) is 0 Å². The van der Waals surface area contributed by atoms with Crippen molar-refractivity contribution in [3.8, 4) is 0 Å². The van der Waals surface area contributed by atoms with Crippen LogP contribution >= 0.6 is 11.6 Å². The topological polar surface area (TPSA) is 44.8 Å². The van der Waals surface area contributed by atoms with Crippen LogP contribution in [0.2, 0.25) is 0 Å². The molecule has 23 heavy (non-hydrogen) atoms. The van der Waals surface area contributed by atoms with Gasteiger partial charge in [-0.05, 0) is 23.3 Å². The lowest BCUT2D eigenvalue weighted by Gasteiger charge is -2.14. The van der Waals surface area contributed by atoms with Crippen molar-refractivity contribution in [3.63, 3.8) is 0 Å². The minimum Gasteiger partial charge on any atom is -0.457 e. The van der Waals surface area contributed by atoms with E-state index in [0.717, 1.165) is 16.7 Å². The molecule has 2 rings (SSSR count). The minimum atomic E-state index is -0.396. The average molecular weight is 335 g/mol. The van der Waals surface area contributed by atoms with E-state index in [1.165, 1.54) is 0 Å². The lowest BCUT2D eigenvalue weighted by molar-refractivity contribution is -0.106. The molecular formula is C18H19ClO4. The molecule has 0 aliphatic heterocycles. The Labute approximate surface area is 140 Å². The molecule has 0 aliphatic rings. The Morgan fingerprint density at radius 3 is 2.04 bits per heavy atom. The Kier molecular flexibility index (Phi) is 6.59. The van der Waals surface area contributed by atoms with Gasteiger partial charge >= 0.3 is 5.97 Å². The number of hydrogen-bond acceptors (Lipinski definition) is 4. The molecule has 5 heteroatoms. The largest absolute Gasteiger partial charge is 0.457 e. The van der Waals surface area contributed by atoms with Gasteiger partial charge in [-0.1, -0.05) is 36.4 Å². The fourth-order valence-electron chi connectivity index (χ4n) is 2.10. The van der Waals surface area contributed by atoms with Crippen LogP contribution in [0.3, 0.4) is 0 Å². The summed E-state index contributed by atoms with van der Waals surface area (Å²) in [5.41, 5.74) is 3.27. The fraction of sp³-hybridized carbons (Fsp3) is 0.278. The van der Waals surface area contributed by atoms with Crippen LogP contribution in [-0.2, 0) is 26.7 Å². The van der Waals surface area contributed by atoms with E-state index < -0.39 is 6.29 Å². The van der Waals surface area contributed by atoms with Gasteiger partial charge in [-0.2, -0.15) is 0 Å². The van der Waals surface area contributed by atoms with Crippen molar-refractivity contribution >= 4 is 17.6 Å². The second-order valence-corrected chi connectivity index (χ2v) is 5.22. The van der Waals surface area contributed by atoms with E-state index >= 15 is 0 Å². The van der Waals surface area contributed by atoms with Crippen LogP contribution in [0.4, 0.5) is 0 Å². The third kappa shape index (κ3) is 4.79.